The maximum absolute atomic E-state index is 13.4. The van der Waals surface area contributed by atoms with Gasteiger partial charge in [0.15, 0.2) is 0 Å². The van der Waals surface area contributed by atoms with Crippen LogP contribution in [0.3, 0.4) is 0 Å². The van der Waals surface area contributed by atoms with Crippen LogP contribution in [0.2, 0.25) is 0 Å². The Labute approximate surface area is 107 Å². The molecule has 0 radical (unpaired) electrons. The van der Waals surface area contributed by atoms with Crippen molar-refractivity contribution in [2.24, 2.45) is 5.92 Å². The van der Waals surface area contributed by atoms with Gasteiger partial charge in [-0.15, -0.1) is 0 Å². The first-order chi connectivity index (χ1) is 7.94. The van der Waals surface area contributed by atoms with Crippen LogP contribution in [0.5, 0.6) is 0 Å². The molecular formula is C11H13BrF2N2O. The average Bonchev–Trinajstić information content (AvgIpc) is 2.53. The van der Waals surface area contributed by atoms with E-state index in [0.29, 0.717) is 15.9 Å². The largest absolute Gasteiger partial charge is 0.392 e. The second-order valence-electron chi connectivity index (χ2n) is 4.35. The zero-order chi connectivity index (χ0) is 12.6. The lowest BCUT2D eigenvalue weighted by atomic mass is 10.1. The second-order valence-corrected chi connectivity index (χ2v) is 5.20. The van der Waals surface area contributed by atoms with Gasteiger partial charge in [0, 0.05) is 18.7 Å². The van der Waals surface area contributed by atoms with Crippen LogP contribution in [-0.4, -0.2) is 29.1 Å². The first-order valence-corrected chi connectivity index (χ1v) is 6.11. The molecule has 6 heteroatoms. The van der Waals surface area contributed by atoms with Gasteiger partial charge in [0.2, 0.25) is 0 Å². The van der Waals surface area contributed by atoms with E-state index in [4.69, 9.17) is 5.11 Å². The molecule has 1 aromatic heterocycles. The highest BCUT2D eigenvalue weighted by Gasteiger charge is 2.45. The Kier molecular flexibility index (Phi) is 3.36. The predicted molar refractivity (Wildman–Crippen MR) is 64.2 cm³/mol. The van der Waals surface area contributed by atoms with Gasteiger partial charge in [0.05, 0.1) is 17.6 Å². The minimum absolute atomic E-state index is 0.113. The van der Waals surface area contributed by atoms with Crippen LogP contribution in [0, 0.1) is 5.92 Å². The topological polar surface area (TPSA) is 36.4 Å². The minimum Gasteiger partial charge on any atom is -0.392 e. The number of hydrogen-bond acceptors (Lipinski definition) is 3. The SMILES string of the molecule is CC1CN(c2ncc(CO)cc2Br)CC1(F)F. The molecule has 94 valence electrons. The lowest BCUT2D eigenvalue weighted by Gasteiger charge is -2.18. The van der Waals surface area contributed by atoms with Crippen molar-refractivity contribution in [3.63, 3.8) is 0 Å². The van der Waals surface area contributed by atoms with Gasteiger partial charge in [-0.1, -0.05) is 6.92 Å². The number of nitrogens with zero attached hydrogens (tertiary/aromatic N) is 2. The molecule has 1 unspecified atom stereocenters. The fourth-order valence-corrected chi connectivity index (χ4v) is 2.54. The van der Waals surface area contributed by atoms with E-state index in [-0.39, 0.29) is 19.7 Å². The molecule has 0 aliphatic carbocycles. The van der Waals surface area contributed by atoms with Crippen molar-refractivity contribution in [1.82, 2.24) is 4.98 Å². The van der Waals surface area contributed by atoms with E-state index < -0.39 is 11.8 Å². The predicted octanol–water partition coefficient (Wildman–Crippen LogP) is 2.43. The molecule has 3 nitrogen and oxygen atoms in total. The van der Waals surface area contributed by atoms with E-state index in [9.17, 15) is 8.78 Å². The third-order valence-electron chi connectivity index (χ3n) is 2.98. The Hall–Kier alpha value is -0.750. The molecule has 0 aromatic carbocycles. The molecule has 0 bridgehead atoms. The Balaban J connectivity index is 2.25. The van der Waals surface area contributed by atoms with Crippen molar-refractivity contribution in [2.45, 2.75) is 19.5 Å². The summed E-state index contributed by atoms with van der Waals surface area (Å²) in [6.45, 7) is 1.41. The summed E-state index contributed by atoms with van der Waals surface area (Å²) in [4.78, 5) is 5.68. The Morgan fingerprint density at radius 3 is 2.82 bits per heavy atom. The summed E-state index contributed by atoms with van der Waals surface area (Å²) in [5.74, 6) is -2.84. The highest BCUT2D eigenvalue weighted by molar-refractivity contribution is 9.10. The van der Waals surface area contributed by atoms with E-state index in [2.05, 4.69) is 20.9 Å². The van der Waals surface area contributed by atoms with E-state index in [1.165, 1.54) is 13.1 Å². The number of aliphatic hydroxyl groups excluding tert-OH is 1. The lowest BCUT2D eigenvalue weighted by Crippen LogP contribution is -2.27. The van der Waals surface area contributed by atoms with Gasteiger partial charge in [-0.25, -0.2) is 13.8 Å². The van der Waals surface area contributed by atoms with Crippen LogP contribution in [0.15, 0.2) is 16.7 Å². The first kappa shape index (κ1) is 12.7. The lowest BCUT2D eigenvalue weighted by molar-refractivity contribution is -0.0138. The van der Waals surface area contributed by atoms with E-state index in [0.717, 1.165) is 0 Å². The summed E-state index contributed by atoms with van der Waals surface area (Å²) in [6, 6.07) is 1.70. The Morgan fingerprint density at radius 1 is 1.65 bits per heavy atom. The number of halogens is 3. The molecule has 1 fully saturated rings. The van der Waals surface area contributed by atoms with Gasteiger partial charge in [0.25, 0.3) is 5.92 Å². The summed E-state index contributed by atoms with van der Waals surface area (Å²) in [5.41, 5.74) is 0.652. The van der Waals surface area contributed by atoms with Crippen LogP contribution in [0.1, 0.15) is 12.5 Å². The number of anilines is 1. The Bertz CT molecular complexity index is 428. The zero-order valence-electron chi connectivity index (χ0n) is 9.33. The van der Waals surface area contributed by atoms with Gasteiger partial charge < -0.3 is 10.0 Å². The summed E-state index contributed by atoms with van der Waals surface area (Å²) in [6.07, 6.45) is 1.50. The van der Waals surface area contributed by atoms with Crippen molar-refractivity contribution < 1.29 is 13.9 Å². The fraction of sp³-hybridized carbons (Fsp3) is 0.545. The number of pyridine rings is 1. The molecule has 1 aromatic rings. The van der Waals surface area contributed by atoms with Crippen molar-refractivity contribution >= 4 is 21.7 Å². The third kappa shape index (κ3) is 2.42. The summed E-state index contributed by atoms with van der Waals surface area (Å²) >= 11 is 3.30. The van der Waals surface area contributed by atoms with E-state index in [1.54, 1.807) is 11.0 Å². The van der Waals surface area contributed by atoms with Gasteiger partial charge in [-0.05, 0) is 27.6 Å². The molecule has 1 atom stereocenters. The summed E-state index contributed by atoms with van der Waals surface area (Å²) in [7, 11) is 0. The number of aromatic nitrogens is 1. The molecule has 0 saturated carbocycles. The number of alkyl halides is 2. The molecule has 2 rings (SSSR count). The minimum atomic E-state index is -2.67. The standard InChI is InChI=1S/C11H13BrF2N2O/c1-7-4-16(6-11(7,13)14)10-9(12)2-8(5-17)3-15-10/h2-3,7,17H,4-6H2,1H3. The molecule has 1 N–H and O–H groups in total. The zero-order valence-corrected chi connectivity index (χ0v) is 10.9. The third-order valence-corrected chi connectivity index (χ3v) is 3.56. The molecule has 0 amide bonds. The quantitative estimate of drug-likeness (QED) is 0.911. The first-order valence-electron chi connectivity index (χ1n) is 5.32. The van der Waals surface area contributed by atoms with Gasteiger partial charge in [-0.2, -0.15) is 0 Å². The number of rotatable bonds is 2. The maximum Gasteiger partial charge on any atom is 0.269 e. The maximum atomic E-state index is 13.4. The summed E-state index contributed by atoms with van der Waals surface area (Å²) in [5, 5.41) is 8.95. The number of hydrogen-bond donors (Lipinski definition) is 1. The van der Waals surface area contributed by atoms with Crippen molar-refractivity contribution in [3.8, 4) is 0 Å². The van der Waals surface area contributed by atoms with Gasteiger partial charge in [0.1, 0.15) is 5.82 Å². The smallest absolute Gasteiger partial charge is 0.269 e. The monoisotopic (exact) mass is 306 g/mol. The normalized spacial score (nSPS) is 23.1. The Morgan fingerprint density at radius 2 is 2.35 bits per heavy atom. The van der Waals surface area contributed by atoms with Crippen molar-refractivity contribution in [1.29, 1.82) is 0 Å². The molecular weight excluding hydrogens is 294 g/mol. The van der Waals surface area contributed by atoms with E-state index in [1.807, 2.05) is 0 Å². The average molecular weight is 307 g/mol. The second kappa shape index (κ2) is 4.49. The van der Waals surface area contributed by atoms with Crippen molar-refractivity contribution in [3.05, 3.63) is 22.3 Å². The molecule has 1 saturated heterocycles. The van der Waals surface area contributed by atoms with Crippen LogP contribution in [0.25, 0.3) is 0 Å². The van der Waals surface area contributed by atoms with Crippen LogP contribution in [0.4, 0.5) is 14.6 Å². The van der Waals surface area contributed by atoms with Gasteiger partial charge in [-0.3, -0.25) is 0 Å². The molecule has 1 aliphatic heterocycles. The van der Waals surface area contributed by atoms with Crippen molar-refractivity contribution in [2.75, 3.05) is 18.0 Å². The molecule has 0 spiro atoms. The molecule has 2 heterocycles. The van der Waals surface area contributed by atoms with Crippen LogP contribution in [-0.2, 0) is 6.61 Å². The fourth-order valence-electron chi connectivity index (χ4n) is 1.89. The van der Waals surface area contributed by atoms with Crippen LogP contribution < -0.4 is 4.90 Å². The molecule has 1 aliphatic rings. The van der Waals surface area contributed by atoms with E-state index >= 15 is 0 Å². The summed E-state index contributed by atoms with van der Waals surface area (Å²) < 4.78 is 27.5. The molecule has 17 heavy (non-hydrogen) atoms. The highest BCUT2D eigenvalue weighted by atomic mass is 79.9. The number of aliphatic hydroxyl groups is 1. The van der Waals surface area contributed by atoms with Crippen LogP contribution >= 0.6 is 15.9 Å². The highest BCUT2D eigenvalue weighted by Crippen LogP contribution is 2.37. The van der Waals surface area contributed by atoms with Gasteiger partial charge >= 0.3 is 0 Å².